The standard InChI is InChI=1S/C19H17F3N4O3/c1-3-11-8-14(10(2)7-15(11)27)16-24-25-18(29-17(23)28)26(16)13-6-4-5-12(9-13)19(20,21)22/h4-9,27H,3H2,1-2H3,(H2,23,28). The van der Waals surface area contributed by atoms with Crippen LogP contribution in [0.4, 0.5) is 18.0 Å². The highest BCUT2D eigenvalue weighted by molar-refractivity contribution is 5.70. The highest BCUT2D eigenvalue weighted by Gasteiger charge is 2.31. The van der Waals surface area contributed by atoms with Gasteiger partial charge in [-0.2, -0.15) is 13.2 Å². The van der Waals surface area contributed by atoms with Gasteiger partial charge < -0.3 is 15.6 Å². The summed E-state index contributed by atoms with van der Waals surface area (Å²) in [6, 6.07) is 7.22. The van der Waals surface area contributed by atoms with E-state index in [0.29, 0.717) is 23.1 Å². The van der Waals surface area contributed by atoms with Crippen molar-refractivity contribution >= 4 is 6.09 Å². The molecule has 1 amide bonds. The number of aromatic nitrogens is 3. The Balaban J connectivity index is 2.27. The molecule has 10 heteroatoms. The molecule has 1 aromatic heterocycles. The fourth-order valence-electron chi connectivity index (χ4n) is 2.92. The van der Waals surface area contributed by atoms with Gasteiger partial charge in [-0.15, -0.1) is 5.10 Å². The molecule has 1 heterocycles. The van der Waals surface area contributed by atoms with Gasteiger partial charge in [0, 0.05) is 5.56 Å². The zero-order chi connectivity index (χ0) is 21.3. The lowest BCUT2D eigenvalue weighted by Crippen LogP contribution is -2.19. The molecule has 0 radical (unpaired) electrons. The fourth-order valence-corrected chi connectivity index (χ4v) is 2.92. The van der Waals surface area contributed by atoms with Crippen molar-refractivity contribution in [2.24, 2.45) is 5.73 Å². The normalized spacial score (nSPS) is 11.5. The smallest absolute Gasteiger partial charge is 0.416 e. The lowest BCUT2D eigenvalue weighted by atomic mass is 10.0. The number of hydrogen-bond acceptors (Lipinski definition) is 5. The van der Waals surface area contributed by atoms with E-state index >= 15 is 0 Å². The number of rotatable bonds is 4. The summed E-state index contributed by atoms with van der Waals surface area (Å²) in [5.74, 6) is 0.222. The Kier molecular flexibility index (Phi) is 5.19. The van der Waals surface area contributed by atoms with E-state index in [0.717, 1.165) is 12.1 Å². The molecule has 0 saturated carbocycles. The third-order valence-electron chi connectivity index (χ3n) is 4.30. The van der Waals surface area contributed by atoms with Gasteiger partial charge in [0.25, 0.3) is 0 Å². The minimum absolute atomic E-state index is 0.0293. The van der Waals surface area contributed by atoms with Crippen LogP contribution < -0.4 is 10.5 Å². The Labute approximate surface area is 163 Å². The molecule has 0 aliphatic carbocycles. The maximum absolute atomic E-state index is 13.2. The molecular formula is C19H17F3N4O3. The minimum Gasteiger partial charge on any atom is -0.508 e. The number of carbonyl (C=O) groups is 1. The first kappa shape index (κ1) is 20.2. The molecule has 0 aliphatic heterocycles. The SMILES string of the molecule is CCc1cc(-c2nnc(OC(N)=O)n2-c2cccc(C(F)(F)F)c2)c(C)cc1O. The summed E-state index contributed by atoms with van der Waals surface area (Å²) < 4.78 is 45.5. The minimum atomic E-state index is -4.57. The maximum Gasteiger partial charge on any atom is 0.416 e. The summed E-state index contributed by atoms with van der Waals surface area (Å²) in [6.45, 7) is 3.54. The quantitative estimate of drug-likeness (QED) is 0.682. The number of amides is 1. The van der Waals surface area contributed by atoms with Crippen LogP contribution in [0.2, 0.25) is 0 Å². The highest BCUT2D eigenvalue weighted by Crippen LogP contribution is 2.35. The van der Waals surface area contributed by atoms with Crippen molar-refractivity contribution in [1.82, 2.24) is 14.8 Å². The number of aromatic hydroxyl groups is 1. The Morgan fingerprint density at radius 1 is 1.24 bits per heavy atom. The second kappa shape index (κ2) is 7.46. The topological polar surface area (TPSA) is 103 Å². The van der Waals surface area contributed by atoms with Crippen molar-refractivity contribution in [3.8, 4) is 28.8 Å². The Morgan fingerprint density at radius 2 is 1.97 bits per heavy atom. The molecule has 0 bridgehead atoms. The monoisotopic (exact) mass is 406 g/mol. The Morgan fingerprint density at radius 3 is 2.59 bits per heavy atom. The summed E-state index contributed by atoms with van der Waals surface area (Å²) in [4.78, 5) is 11.2. The molecule has 3 N–H and O–H groups in total. The lowest BCUT2D eigenvalue weighted by molar-refractivity contribution is -0.137. The van der Waals surface area contributed by atoms with Gasteiger partial charge >= 0.3 is 18.3 Å². The van der Waals surface area contributed by atoms with Crippen molar-refractivity contribution < 1.29 is 27.8 Å². The third kappa shape index (κ3) is 4.00. The van der Waals surface area contributed by atoms with Crippen LogP contribution in [0.5, 0.6) is 11.8 Å². The van der Waals surface area contributed by atoms with E-state index in [4.69, 9.17) is 10.5 Å². The second-order valence-corrected chi connectivity index (χ2v) is 6.26. The molecule has 0 fully saturated rings. The number of aryl methyl sites for hydroxylation is 2. The van der Waals surface area contributed by atoms with E-state index in [9.17, 15) is 23.1 Å². The lowest BCUT2D eigenvalue weighted by Gasteiger charge is -2.14. The van der Waals surface area contributed by atoms with Gasteiger partial charge in [-0.05, 0) is 54.8 Å². The Hall–Kier alpha value is -3.56. The number of benzene rings is 2. The number of nitrogens with zero attached hydrogens (tertiary/aromatic N) is 3. The average Bonchev–Trinajstić information content (AvgIpc) is 3.04. The van der Waals surface area contributed by atoms with Crippen LogP contribution in [0.1, 0.15) is 23.6 Å². The van der Waals surface area contributed by atoms with Crippen molar-refractivity contribution in [3.63, 3.8) is 0 Å². The van der Waals surface area contributed by atoms with Gasteiger partial charge in [0.1, 0.15) is 5.75 Å². The van der Waals surface area contributed by atoms with Gasteiger partial charge in [-0.3, -0.25) is 0 Å². The van der Waals surface area contributed by atoms with Gasteiger partial charge in [0.2, 0.25) is 0 Å². The zero-order valence-corrected chi connectivity index (χ0v) is 15.5. The van der Waals surface area contributed by atoms with Gasteiger partial charge in [0.15, 0.2) is 5.82 Å². The molecule has 0 spiro atoms. The van der Waals surface area contributed by atoms with Crippen molar-refractivity contribution in [3.05, 3.63) is 53.1 Å². The van der Waals surface area contributed by atoms with Crippen molar-refractivity contribution in [2.75, 3.05) is 0 Å². The van der Waals surface area contributed by atoms with E-state index in [1.54, 1.807) is 13.0 Å². The molecule has 0 saturated heterocycles. The van der Waals surface area contributed by atoms with E-state index in [1.165, 1.54) is 22.8 Å². The number of primary amides is 1. The van der Waals surface area contributed by atoms with Crippen LogP contribution in [-0.4, -0.2) is 26.0 Å². The highest BCUT2D eigenvalue weighted by atomic mass is 19.4. The van der Waals surface area contributed by atoms with Crippen LogP contribution in [0, 0.1) is 6.92 Å². The zero-order valence-electron chi connectivity index (χ0n) is 15.5. The van der Waals surface area contributed by atoms with Crippen LogP contribution in [0.25, 0.3) is 17.1 Å². The second-order valence-electron chi connectivity index (χ2n) is 6.26. The van der Waals surface area contributed by atoms with Crippen molar-refractivity contribution in [1.29, 1.82) is 0 Å². The average molecular weight is 406 g/mol. The number of alkyl halides is 3. The number of halogens is 3. The molecule has 0 unspecified atom stereocenters. The number of hydrogen-bond donors (Lipinski definition) is 2. The predicted octanol–water partition coefficient (Wildman–Crippen LogP) is 3.99. The van der Waals surface area contributed by atoms with E-state index < -0.39 is 17.8 Å². The van der Waals surface area contributed by atoms with Gasteiger partial charge in [-0.25, -0.2) is 9.36 Å². The number of nitrogens with two attached hydrogens (primary N) is 1. The van der Waals surface area contributed by atoms with Gasteiger partial charge in [-0.1, -0.05) is 18.1 Å². The number of carbonyl (C=O) groups excluding carboxylic acids is 1. The molecular weight excluding hydrogens is 389 g/mol. The maximum atomic E-state index is 13.2. The van der Waals surface area contributed by atoms with Crippen LogP contribution in [0.15, 0.2) is 36.4 Å². The van der Waals surface area contributed by atoms with Crippen LogP contribution in [0.3, 0.4) is 0 Å². The van der Waals surface area contributed by atoms with Crippen LogP contribution >= 0.6 is 0 Å². The number of phenols is 1. The number of ether oxygens (including phenoxy) is 1. The largest absolute Gasteiger partial charge is 0.508 e. The van der Waals surface area contributed by atoms with Crippen LogP contribution in [-0.2, 0) is 12.6 Å². The van der Waals surface area contributed by atoms with E-state index in [-0.39, 0.29) is 23.3 Å². The molecule has 0 atom stereocenters. The molecule has 152 valence electrons. The number of phenolic OH excluding ortho intramolecular Hbond substituents is 1. The molecule has 3 aromatic rings. The molecule has 29 heavy (non-hydrogen) atoms. The summed E-state index contributed by atoms with van der Waals surface area (Å²) in [5, 5.41) is 17.8. The van der Waals surface area contributed by atoms with E-state index in [2.05, 4.69) is 10.2 Å². The summed E-state index contributed by atoms with van der Waals surface area (Å²) in [7, 11) is 0. The first-order chi connectivity index (χ1) is 13.6. The molecule has 0 aliphatic rings. The molecule has 7 nitrogen and oxygen atoms in total. The predicted molar refractivity (Wildman–Crippen MR) is 97.8 cm³/mol. The van der Waals surface area contributed by atoms with E-state index in [1.807, 2.05) is 6.92 Å². The molecule has 3 rings (SSSR count). The summed E-state index contributed by atoms with van der Waals surface area (Å²) in [5.41, 5.74) is 5.91. The summed E-state index contributed by atoms with van der Waals surface area (Å²) >= 11 is 0. The first-order valence-electron chi connectivity index (χ1n) is 8.55. The van der Waals surface area contributed by atoms with Gasteiger partial charge in [0.05, 0.1) is 11.3 Å². The summed E-state index contributed by atoms with van der Waals surface area (Å²) in [6.07, 6.45) is -5.24. The molecule has 2 aromatic carbocycles. The van der Waals surface area contributed by atoms with Crippen molar-refractivity contribution in [2.45, 2.75) is 26.4 Å². The Bertz CT molecular complexity index is 1080. The third-order valence-corrected chi connectivity index (χ3v) is 4.30. The fraction of sp³-hybridized carbons (Fsp3) is 0.211. The first-order valence-corrected chi connectivity index (χ1v) is 8.55.